The Morgan fingerprint density at radius 2 is 0.787 bits per heavy atom. The molecule has 8 rings (SSSR count). The Labute approximate surface area is 358 Å². The van der Waals surface area contributed by atoms with Gasteiger partial charge in [0.15, 0.2) is 0 Å². The molecule has 2 aromatic heterocycles. The molecule has 61 heavy (non-hydrogen) atoms. The lowest BCUT2D eigenvalue weighted by Gasteiger charge is -2.22. The van der Waals surface area contributed by atoms with E-state index in [9.17, 15) is 10.2 Å². The van der Waals surface area contributed by atoms with Gasteiger partial charge in [0.1, 0.15) is 11.5 Å². The van der Waals surface area contributed by atoms with Crippen LogP contribution < -0.4 is 0 Å². The van der Waals surface area contributed by atoms with Crippen LogP contribution in [0, 0.1) is 0 Å². The highest BCUT2D eigenvalue weighted by molar-refractivity contribution is 5.82. The maximum atomic E-state index is 11.5. The zero-order valence-electron chi connectivity index (χ0n) is 35.7. The number of unbranched alkanes of at least 4 members (excludes halogenated alkanes) is 2. The van der Waals surface area contributed by atoms with Crippen molar-refractivity contribution in [3.63, 3.8) is 0 Å². The van der Waals surface area contributed by atoms with Crippen molar-refractivity contribution in [2.45, 2.75) is 84.5 Å². The van der Waals surface area contributed by atoms with Gasteiger partial charge in [0, 0.05) is 22.3 Å². The van der Waals surface area contributed by atoms with E-state index in [0.29, 0.717) is 22.8 Å². The molecule has 0 atom stereocenters. The van der Waals surface area contributed by atoms with Crippen LogP contribution in [0.5, 0.6) is 11.5 Å². The molecule has 0 unspecified atom stereocenters. The summed E-state index contributed by atoms with van der Waals surface area (Å²) in [5.74, 6) is 1.79. The van der Waals surface area contributed by atoms with Crippen LogP contribution in [0.15, 0.2) is 143 Å². The van der Waals surface area contributed by atoms with Crippen molar-refractivity contribution in [2.75, 3.05) is 0 Å². The second kappa shape index (κ2) is 17.1. The van der Waals surface area contributed by atoms with Gasteiger partial charge in [-0.2, -0.15) is 9.97 Å². The number of aromatic hydroxyl groups is 2. The second-order valence-corrected chi connectivity index (χ2v) is 17.8. The Bertz CT molecular complexity index is 2580. The van der Waals surface area contributed by atoms with Crippen molar-refractivity contribution in [3.05, 3.63) is 156 Å². The minimum atomic E-state index is -0.169. The molecule has 0 aliphatic heterocycles. The van der Waals surface area contributed by atoms with Crippen molar-refractivity contribution in [1.29, 1.82) is 0 Å². The summed E-state index contributed by atoms with van der Waals surface area (Å²) in [6.07, 6.45) is 4.64. The van der Waals surface area contributed by atoms with Crippen LogP contribution in [0.2, 0.25) is 0 Å². The van der Waals surface area contributed by atoms with Crippen LogP contribution in [0.25, 0.3) is 67.9 Å². The summed E-state index contributed by atoms with van der Waals surface area (Å²) in [6.45, 7) is 12.9. The standard InChI is InChI=1S/C53H52N4O4/c1-52(2,3)38-30-42(36-22-12-8-13-23-36)46(58)44(32-38)50-54-48(56-60-50)40-28-18-16-26-34(40)20-10-7-11-21-35-27-17-19-29-41(35)49-55-51(61-57-49)45-33-39(53(4,5)6)31-43(47(45)59)37-24-14-9-15-25-37/h8-9,12-19,22-33,58-59H,7,10-11,20-21H2,1-6H3. The fourth-order valence-electron chi connectivity index (χ4n) is 7.74. The number of rotatable bonds is 12. The highest BCUT2D eigenvalue weighted by atomic mass is 16.5. The van der Waals surface area contributed by atoms with E-state index in [4.69, 9.17) is 19.0 Å². The van der Waals surface area contributed by atoms with Crippen LogP contribution in [0.1, 0.15) is 83.1 Å². The van der Waals surface area contributed by atoms with E-state index in [0.717, 1.165) is 87.7 Å². The van der Waals surface area contributed by atoms with Crippen LogP contribution in [0.4, 0.5) is 0 Å². The van der Waals surface area contributed by atoms with Gasteiger partial charge in [-0.3, -0.25) is 0 Å². The quantitative estimate of drug-likeness (QED) is 0.117. The Morgan fingerprint density at radius 1 is 0.426 bits per heavy atom. The van der Waals surface area contributed by atoms with E-state index in [2.05, 4.69) is 64.0 Å². The summed E-state index contributed by atoms with van der Waals surface area (Å²) < 4.78 is 11.7. The number of nitrogens with zero attached hydrogens (tertiary/aromatic N) is 4. The first-order valence-corrected chi connectivity index (χ1v) is 21.1. The number of phenolic OH excluding ortho intramolecular Hbond substituents is 2. The number of aromatic nitrogens is 4. The molecule has 8 heteroatoms. The molecule has 308 valence electrons. The van der Waals surface area contributed by atoms with Gasteiger partial charge in [0.2, 0.25) is 11.6 Å². The van der Waals surface area contributed by atoms with Crippen LogP contribution in [-0.2, 0) is 23.7 Å². The summed E-state index contributed by atoms with van der Waals surface area (Å²) in [4.78, 5) is 9.68. The fraction of sp³-hybridized carbons (Fsp3) is 0.245. The van der Waals surface area contributed by atoms with Crippen LogP contribution in [0.3, 0.4) is 0 Å². The first kappa shape index (κ1) is 41.0. The van der Waals surface area contributed by atoms with Crippen molar-refractivity contribution in [1.82, 2.24) is 20.3 Å². The average Bonchev–Trinajstić information content (AvgIpc) is 3.95. The van der Waals surface area contributed by atoms with Crippen LogP contribution >= 0.6 is 0 Å². The highest BCUT2D eigenvalue weighted by Crippen LogP contribution is 2.44. The van der Waals surface area contributed by atoms with Gasteiger partial charge in [-0.05, 0) is 94.2 Å². The SMILES string of the molecule is CC(C)(C)c1cc(-c2ccccc2)c(O)c(-c2nc(-c3ccccc3CCCCCc3ccccc3-c3noc(-c4cc(C(C)(C)C)cc(-c5ccccc5)c4O)n3)no2)c1. The fourth-order valence-corrected chi connectivity index (χ4v) is 7.74. The molecular formula is C53H52N4O4. The molecular weight excluding hydrogens is 757 g/mol. The third-order valence-electron chi connectivity index (χ3n) is 11.3. The van der Waals surface area contributed by atoms with Crippen molar-refractivity contribution in [2.24, 2.45) is 0 Å². The zero-order valence-corrected chi connectivity index (χ0v) is 35.7. The number of hydrogen-bond donors (Lipinski definition) is 2. The lowest BCUT2D eigenvalue weighted by Crippen LogP contribution is -2.11. The Morgan fingerprint density at radius 3 is 1.18 bits per heavy atom. The molecule has 0 aliphatic carbocycles. The minimum Gasteiger partial charge on any atom is -0.506 e. The van der Waals surface area contributed by atoms with Gasteiger partial charge >= 0.3 is 0 Å². The molecule has 6 aromatic carbocycles. The molecule has 2 N–H and O–H groups in total. The maximum absolute atomic E-state index is 11.5. The molecule has 8 aromatic rings. The largest absolute Gasteiger partial charge is 0.506 e. The average molecular weight is 809 g/mol. The van der Waals surface area contributed by atoms with E-state index in [1.807, 2.05) is 121 Å². The third-order valence-corrected chi connectivity index (χ3v) is 11.3. The Kier molecular flexibility index (Phi) is 11.4. The molecule has 0 amide bonds. The van der Waals surface area contributed by atoms with Gasteiger partial charge < -0.3 is 19.3 Å². The van der Waals surface area contributed by atoms with Crippen LogP contribution in [-0.4, -0.2) is 30.5 Å². The lowest BCUT2D eigenvalue weighted by molar-refractivity contribution is 0.425. The van der Waals surface area contributed by atoms with E-state index < -0.39 is 0 Å². The van der Waals surface area contributed by atoms with Gasteiger partial charge in [-0.25, -0.2) is 0 Å². The molecule has 0 saturated heterocycles. The molecule has 8 nitrogen and oxygen atoms in total. The minimum absolute atomic E-state index is 0.117. The van der Waals surface area contributed by atoms with Crippen molar-refractivity contribution < 1.29 is 19.3 Å². The molecule has 0 spiro atoms. The highest BCUT2D eigenvalue weighted by Gasteiger charge is 2.26. The van der Waals surface area contributed by atoms with Crippen molar-refractivity contribution in [3.8, 4) is 79.4 Å². The maximum Gasteiger partial charge on any atom is 0.262 e. The predicted octanol–water partition coefficient (Wildman–Crippen LogP) is 13.4. The number of phenols is 2. The van der Waals surface area contributed by atoms with Gasteiger partial charge in [-0.15, -0.1) is 0 Å². The van der Waals surface area contributed by atoms with Gasteiger partial charge in [-0.1, -0.05) is 167 Å². The molecule has 0 saturated carbocycles. The van der Waals surface area contributed by atoms with E-state index >= 15 is 0 Å². The second-order valence-electron chi connectivity index (χ2n) is 17.8. The monoisotopic (exact) mass is 808 g/mol. The third kappa shape index (κ3) is 8.90. The smallest absolute Gasteiger partial charge is 0.262 e. The number of benzene rings is 6. The summed E-state index contributed by atoms with van der Waals surface area (Å²) in [6, 6.07) is 44.1. The molecule has 0 radical (unpaired) electrons. The molecule has 0 aliphatic rings. The predicted molar refractivity (Wildman–Crippen MR) is 243 cm³/mol. The molecule has 0 fully saturated rings. The lowest BCUT2D eigenvalue weighted by atomic mass is 9.83. The number of aryl methyl sites for hydroxylation is 2. The summed E-state index contributed by atoms with van der Waals surface area (Å²) in [5.41, 5.74) is 10.2. The van der Waals surface area contributed by atoms with Gasteiger partial charge in [0.05, 0.1) is 11.1 Å². The number of hydrogen-bond acceptors (Lipinski definition) is 8. The molecule has 0 bridgehead atoms. The Balaban J connectivity index is 0.962. The zero-order chi connectivity index (χ0) is 42.7. The topological polar surface area (TPSA) is 118 Å². The molecule has 2 heterocycles. The summed E-state index contributed by atoms with van der Waals surface area (Å²) >= 11 is 0. The normalized spacial score (nSPS) is 11.9. The first-order chi connectivity index (χ1) is 29.3. The van der Waals surface area contributed by atoms with E-state index in [1.165, 1.54) is 0 Å². The Hall–Kier alpha value is -6.80. The first-order valence-electron chi connectivity index (χ1n) is 21.1. The van der Waals surface area contributed by atoms with E-state index in [1.54, 1.807) is 0 Å². The van der Waals surface area contributed by atoms with Crippen molar-refractivity contribution >= 4 is 0 Å². The van der Waals surface area contributed by atoms with E-state index in [-0.39, 0.29) is 34.1 Å². The van der Waals surface area contributed by atoms with Gasteiger partial charge in [0.25, 0.3) is 11.8 Å². The summed E-state index contributed by atoms with van der Waals surface area (Å²) in [5, 5.41) is 31.9. The summed E-state index contributed by atoms with van der Waals surface area (Å²) in [7, 11) is 0.